The van der Waals surface area contributed by atoms with Crippen molar-refractivity contribution in [1.29, 1.82) is 5.26 Å². The molecule has 0 aliphatic heterocycles. The zero-order chi connectivity index (χ0) is 46.7. The lowest BCUT2D eigenvalue weighted by molar-refractivity contribution is -0.128. The molecule has 0 bridgehead atoms. The van der Waals surface area contributed by atoms with E-state index in [0.717, 1.165) is 5.56 Å². The molecule has 5 rings (SSSR count). The first-order chi connectivity index (χ1) is 30.4. The van der Waals surface area contributed by atoms with Gasteiger partial charge in [-0.15, -0.1) is 0 Å². The quantitative estimate of drug-likeness (QED) is 0.0433. The first kappa shape index (κ1) is 46.9. The largest absolute Gasteiger partial charge is 0.504 e. The molecule has 0 unspecified atom stereocenters. The summed E-state index contributed by atoms with van der Waals surface area (Å²) >= 11 is 0. The van der Waals surface area contributed by atoms with Crippen LogP contribution in [0.15, 0.2) is 115 Å². The van der Waals surface area contributed by atoms with Crippen LogP contribution in [0.25, 0.3) is 6.08 Å². The second-order valence-corrected chi connectivity index (χ2v) is 15.4. The van der Waals surface area contributed by atoms with Crippen molar-refractivity contribution in [1.82, 2.24) is 5.32 Å². The third kappa shape index (κ3) is 12.2. The molecule has 0 spiro atoms. The number of nitrogens with zero attached hydrogens (tertiary/aromatic N) is 1. The summed E-state index contributed by atoms with van der Waals surface area (Å²) in [6, 6.07) is 28.4. The molecule has 3 amide bonds. The van der Waals surface area contributed by atoms with Gasteiger partial charge in [0, 0.05) is 47.2 Å². The van der Waals surface area contributed by atoms with Crippen LogP contribution in [0.5, 0.6) is 11.5 Å². The Bertz CT molecular complexity index is 2660. The van der Waals surface area contributed by atoms with E-state index in [1.165, 1.54) is 79.7 Å². The van der Waals surface area contributed by atoms with Crippen LogP contribution in [0.3, 0.4) is 0 Å². The maximum Gasteiger partial charge on any atom is 0.335 e. The number of nitrogens with two attached hydrogens (primary N) is 1. The Labute approximate surface area is 369 Å². The number of carboxylic acids is 1. The molecule has 14 nitrogen and oxygen atoms in total. The number of amides is 3. The molecule has 5 aromatic carbocycles. The molecular formula is C50H46N4O10. The van der Waals surface area contributed by atoms with E-state index in [9.17, 15) is 38.7 Å². The number of nitrogens with one attached hydrogen (secondary N) is 2. The first-order valence-electron chi connectivity index (χ1n) is 20.2. The van der Waals surface area contributed by atoms with E-state index in [0.29, 0.717) is 33.5 Å². The fraction of sp³-hybridized carbons (Fsp3) is 0.200. The van der Waals surface area contributed by atoms with Gasteiger partial charge in [0.2, 0.25) is 5.91 Å². The summed E-state index contributed by atoms with van der Waals surface area (Å²) < 4.78 is 5.88. The first-order valence-corrected chi connectivity index (χ1v) is 20.2. The summed E-state index contributed by atoms with van der Waals surface area (Å²) in [6.45, 7) is 6.52. The van der Waals surface area contributed by atoms with Gasteiger partial charge in [0.05, 0.1) is 40.8 Å². The van der Waals surface area contributed by atoms with E-state index in [1.54, 1.807) is 63.2 Å². The molecule has 0 radical (unpaired) electrons. The second-order valence-electron chi connectivity index (χ2n) is 15.4. The fourth-order valence-electron chi connectivity index (χ4n) is 6.56. The van der Waals surface area contributed by atoms with Crippen LogP contribution in [0.4, 0.5) is 5.69 Å². The van der Waals surface area contributed by atoms with Crippen LogP contribution in [0.1, 0.15) is 96.9 Å². The summed E-state index contributed by atoms with van der Waals surface area (Å²) in [7, 11) is 0. The number of Topliss-reactive ketones (excluding diaryl/α,β-unsaturated/α-hetero) is 3. The minimum Gasteiger partial charge on any atom is -0.504 e. The van der Waals surface area contributed by atoms with Crippen molar-refractivity contribution in [3.63, 3.8) is 0 Å². The molecule has 0 aliphatic rings. The number of aromatic hydroxyl groups is 1. The Morgan fingerprint density at radius 2 is 1.31 bits per heavy atom. The fourth-order valence-corrected chi connectivity index (χ4v) is 6.56. The molecular weight excluding hydrogens is 817 g/mol. The van der Waals surface area contributed by atoms with Crippen LogP contribution < -0.4 is 21.1 Å². The van der Waals surface area contributed by atoms with E-state index in [-0.39, 0.29) is 59.0 Å². The number of hydrogen-bond donors (Lipinski definition) is 5. The Balaban J connectivity index is 1.22. The van der Waals surface area contributed by atoms with Crippen LogP contribution in [-0.2, 0) is 33.6 Å². The van der Waals surface area contributed by atoms with Crippen molar-refractivity contribution in [3.05, 3.63) is 165 Å². The standard InChI is InChI=1S/C50H46N4O10/c1-28(2)64-46-38(19-22-40(45(46)58)42(56)24-32-11-15-37(16-12-32)50(62)63)26-41(55)35-13-9-33(10-14-35)25-43(57)44(30(4)47(52)59)54-49(61)36-17-20-39(21-18-36)53-48(60)29(3)23-31-5-7-34(27-51)8-6-31/h5-23,28,30,44,58H,24-26H2,1-4H3,(H2,52,59)(H,53,60)(H,54,61)(H,62,63)/b29-23+/t30-,44+/m1/s1. The Morgan fingerprint density at radius 1 is 0.734 bits per heavy atom. The maximum atomic E-state index is 13.6. The van der Waals surface area contributed by atoms with Gasteiger partial charge in [0.15, 0.2) is 28.8 Å². The molecule has 5 aromatic rings. The molecule has 0 aromatic heterocycles. The zero-order valence-electron chi connectivity index (χ0n) is 35.5. The molecule has 0 aliphatic carbocycles. The van der Waals surface area contributed by atoms with Gasteiger partial charge >= 0.3 is 5.97 Å². The van der Waals surface area contributed by atoms with E-state index in [1.807, 2.05) is 6.07 Å². The highest BCUT2D eigenvalue weighted by Crippen LogP contribution is 2.36. The minimum absolute atomic E-state index is 0.0168. The number of phenolic OH excluding ortho intramolecular Hbond substituents is 1. The van der Waals surface area contributed by atoms with Gasteiger partial charge in [0.1, 0.15) is 0 Å². The number of rotatable bonds is 19. The average molecular weight is 863 g/mol. The topological polar surface area (TPSA) is 243 Å². The number of phenols is 1. The summed E-state index contributed by atoms with van der Waals surface area (Å²) in [6.07, 6.45) is 0.719. The third-order valence-corrected chi connectivity index (χ3v) is 10.2. The molecule has 0 saturated carbocycles. The molecule has 0 fully saturated rings. The van der Waals surface area contributed by atoms with Crippen LogP contribution in [0.2, 0.25) is 0 Å². The van der Waals surface area contributed by atoms with Gasteiger partial charge < -0.3 is 31.3 Å². The molecule has 2 atom stereocenters. The van der Waals surface area contributed by atoms with Crippen LogP contribution >= 0.6 is 0 Å². The van der Waals surface area contributed by atoms with Gasteiger partial charge in [0.25, 0.3) is 11.8 Å². The number of carbonyl (C=O) groups is 7. The maximum absolute atomic E-state index is 13.6. The van der Waals surface area contributed by atoms with Gasteiger partial charge in [-0.3, -0.25) is 28.8 Å². The molecule has 326 valence electrons. The number of ether oxygens (including phenoxy) is 1. The number of carbonyl (C=O) groups excluding carboxylic acids is 6. The van der Waals surface area contributed by atoms with Crippen molar-refractivity contribution < 1.29 is 48.5 Å². The van der Waals surface area contributed by atoms with E-state index in [2.05, 4.69) is 10.6 Å². The lowest BCUT2D eigenvalue weighted by Gasteiger charge is -2.22. The number of anilines is 1. The Kier molecular flexibility index (Phi) is 15.4. The zero-order valence-corrected chi connectivity index (χ0v) is 35.5. The van der Waals surface area contributed by atoms with Crippen molar-refractivity contribution in [2.24, 2.45) is 11.7 Å². The third-order valence-electron chi connectivity index (χ3n) is 10.2. The molecule has 0 saturated heterocycles. The van der Waals surface area contributed by atoms with E-state index >= 15 is 0 Å². The summed E-state index contributed by atoms with van der Waals surface area (Å²) in [5, 5.41) is 34.7. The van der Waals surface area contributed by atoms with Crippen molar-refractivity contribution in [3.8, 4) is 17.6 Å². The monoisotopic (exact) mass is 862 g/mol. The SMILES string of the molecule is C/C(=C\c1ccc(C#N)cc1)C(=O)Nc1ccc(C(=O)N[C@H](C(=O)Cc2ccc(C(=O)Cc3ccc(C(=O)Cc4ccc(C(=O)O)cc4)c(O)c3OC(C)C)cc2)[C@@H](C)C(N)=O)cc1. The number of primary amides is 1. The van der Waals surface area contributed by atoms with Gasteiger partial charge in [-0.2, -0.15) is 5.26 Å². The second kappa shape index (κ2) is 21.1. The van der Waals surface area contributed by atoms with Gasteiger partial charge in [-0.25, -0.2) is 4.79 Å². The van der Waals surface area contributed by atoms with Crippen LogP contribution in [0, 0.1) is 17.2 Å². The predicted octanol–water partition coefficient (Wildman–Crippen LogP) is 6.67. The smallest absolute Gasteiger partial charge is 0.335 e. The average Bonchev–Trinajstić information content (AvgIpc) is 3.27. The summed E-state index contributed by atoms with van der Waals surface area (Å²) in [4.78, 5) is 89.9. The number of carboxylic acid groups (broad SMARTS) is 1. The highest BCUT2D eigenvalue weighted by molar-refractivity contribution is 6.07. The normalized spacial score (nSPS) is 12.0. The van der Waals surface area contributed by atoms with Crippen LogP contribution in [-0.4, -0.2) is 63.4 Å². The number of nitriles is 1. The van der Waals surface area contributed by atoms with Crippen molar-refractivity contribution >= 4 is 52.8 Å². The summed E-state index contributed by atoms with van der Waals surface area (Å²) in [5.41, 5.74) is 9.46. The lowest BCUT2D eigenvalue weighted by atomic mass is 9.92. The molecule has 64 heavy (non-hydrogen) atoms. The highest BCUT2D eigenvalue weighted by Gasteiger charge is 2.31. The number of aromatic carboxylic acids is 1. The van der Waals surface area contributed by atoms with E-state index in [4.69, 9.17) is 20.8 Å². The van der Waals surface area contributed by atoms with Gasteiger partial charge in [-0.05, 0) is 98.1 Å². The molecule has 14 heteroatoms. The van der Waals surface area contributed by atoms with Crippen molar-refractivity contribution in [2.45, 2.75) is 59.1 Å². The molecule has 6 N–H and O–H groups in total. The highest BCUT2D eigenvalue weighted by atomic mass is 16.5. The number of ketones is 3. The lowest BCUT2D eigenvalue weighted by Crippen LogP contribution is -2.49. The predicted molar refractivity (Wildman–Crippen MR) is 238 cm³/mol. The summed E-state index contributed by atoms with van der Waals surface area (Å²) in [5.74, 6) is -5.76. The van der Waals surface area contributed by atoms with E-state index < -0.39 is 53.2 Å². The number of benzene rings is 5. The van der Waals surface area contributed by atoms with Gasteiger partial charge in [-0.1, -0.05) is 61.5 Å². The minimum atomic E-state index is -1.29. The Hall–Kier alpha value is -8.18. The van der Waals surface area contributed by atoms with Crippen molar-refractivity contribution in [2.75, 3.05) is 5.32 Å². The Morgan fingerprint density at radius 3 is 1.88 bits per heavy atom. The number of hydrogen-bond acceptors (Lipinski definition) is 10. The molecule has 0 heterocycles.